The Morgan fingerprint density at radius 3 is 2.26 bits per heavy atom. The van der Waals surface area contributed by atoms with Gasteiger partial charge in [0.15, 0.2) is 10.9 Å². The van der Waals surface area contributed by atoms with Crippen LogP contribution in [0.25, 0.3) is 6.08 Å². The number of rotatable bonds is 6. The first-order chi connectivity index (χ1) is 18.3. The van der Waals surface area contributed by atoms with Gasteiger partial charge in [-0.2, -0.15) is 0 Å². The number of halogens is 1. The highest BCUT2D eigenvalue weighted by Crippen LogP contribution is 2.27. The van der Waals surface area contributed by atoms with E-state index in [-0.39, 0.29) is 16.5 Å². The fourth-order valence-electron chi connectivity index (χ4n) is 3.94. The number of amides is 2. The summed E-state index contributed by atoms with van der Waals surface area (Å²) in [4.78, 5) is 40.2. The molecule has 1 aliphatic heterocycles. The first-order valence-corrected chi connectivity index (χ1v) is 11.9. The maximum atomic E-state index is 13.4. The molecule has 0 atom stereocenters. The number of ketones is 1. The van der Waals surface area contributed by atoms with Crippen molar-refractivity contribution >= 4 is 46.7 Å². The van der Waals surface area contributed by atoms with Crippen molar-refractivity contribution in [2.24, 2.45) is 7.05 Å². The highest BCUT2D eigenvalue weighted by atomic mass is 32.1. The molecule has 2 heterocycles. The van der Waals surface area contributed by atoms with Crippen molar-refractivity contribution in [1.29, 1.82) is 0 Å². The van der Waals surface area contributed by atoms with Gasteiger partial charge < -0.3 is 9.30 Å². The van der Waals surface area contributed by atoms with Crippen LogP contribution in [0.1, 0.15) is 21.6 Å². The van der Waals surface area contributed by atoms with E-state index in [0.717, 1.165) is 0 Å². The zero-order valence-corrected chi connectivity index (χ0v) is 20.9. The van der Waals surface area contributed by atoms with Crippen LogP contribution in [0.5, 0.6) is 11.5 Å². The number of nitrogens with zero attached hydrogens (tertiary/aromatic N) is 2. The van der Waals surface area contributed by atoms with Crippen molar-refractivity contribution in [2.45, 2.75) is 0 Å². The molecular formula is C29H20FN3O4S. The van der Waals surface area contributed by atoms with E-state index in [2.05, 4.69) is 5.32 Å². The van der Waals surface area contributed by atoms with Gasteiger partial charge in [0, 0.05) is 30.1 Å². The number of aryl methyl sites for hydroxylation is 1. The lowest BCUT2D eigenvalue weighted by atomic mass is 10.1. The summed E-state index contributed by atoms with van der Waals surface area (Å²) >= 11 is 5.28. The SMILES string of the molecule is Cn1cc(C(=O)c2ccc(F)cc2)cc1C=C1C(=O)NC(=S)N(c2ccc(Oc3ccccc3)cc2)C1=O. The number of hydrogen-bond acceptors (Lipinski definition) is 5. The normalized spacial score (nSPS) is 14.5. The van der Waals surface area contributed by atoms with Crippen LogP contribution in [0.3, 0.4) is 0 Å². The van der Waals surface area contributed by atoms with Crippen LogP contribution in [0.4, 0.5) is 10.1 Å². The summed E-state index contributed by atoms with van der Waals surface area (Å²) < 4.78 is 20.7. The van der Waals surface area contributed by atoms with Crippen LogP contribution in [0, 0.1) is 5.82 Å². The van der Waals surface area contributed by atoms with Gasteiger partial charge in [0.05, 0.1) is 5.69 Å². The molecule has 0 radical (unpaired) electrons. The Morgan fingerprint density at radius 1 is 0.921 bits per heavy atom. The summed E-state index contributed by atoms with van der Waals surface area (Å²) in [6.07, 6.45) is 2.98. The molecule has 1 aromatic heterocycles. The molecule has 188 valence electrons. The largest absolute Gasteiger partial charge is 0.457 e. The lowest BCUT2D eigenvalue weighted by Crippen LogP contribution is -2.54. The lowest BCUT2D eigenvalue weighted by Gasteiger charge is -2.29. The smallest absolute Gasteiger partial charge is 0.270 e. The van der Waals surface area contributed by atoms with Crippen LogP contribution in [0.2, 0.25) is 0 Å². The van der Waals surface area contributed by atoms with Gasteiger partial charge in [-0.1, -0.05) is 18.2 Å². The van der Waals surface area contributed by atoms with Gasteiger partial charge in [0.2, 0.25) is 0 Å². The van der Waals surface area contributed by atoms with Gasteiger partial charge in [-0.15, -0.1) is 0 Å². The number of ether oxygens (including phenoxy) is 1. The molecule has 1 aliphatic rings. The van der Waals surface area contributed by atoms with E-state index in [9.17, 15) is 18.8 Å². The molecule has 4 aromatic rings. The number of nitrogens with one attached hydrogen (secondary N) is 1. The maximum absolute atomic E-state index is 13.4. The van der Waals surface area contributed by atoms with Gasteiger partial charge in [0.1, 0.15) is 22.9 Å². The summed E-state index contributed by atoms with van der Waals surface area (Å²) in [6, 6.07) is 22.8. The van der Waals surface area contributed by atoms with E-state index < -0.39 is 17.6 Å². The zero-order valence-electron chi connectivity index (χ0n) is 20.1. The van der Waals surface area contributed by atoms with Crippen LogP contribution in [-0.2, 0) is 16.6 Å². The number of carbonyl (C=O) groups is 3. The van der Waals surface area contributed by atoms with Gasteiger partial charge >= 0.3 is 0 Å². The van der Waals surface area contributed by atoms with E-state index >= 15 is 0 Å². The highest BCUT2D eigenvalue weighted by Gasteiger charge is 2.34. The molecule has 0 aliphatic carbocycles. The summed E-state index contributed by atoms with van der Waals surface area (Å²) in [7, 11) is 1.69. The van der Waals surface area contributed by atoms with Crippen molar-refractivity contribution in [1.82, 2.24) is 9.88 Å². The second-order valence-corrected chi connectivity index (χ2v) is 8.85. The predicted molar refractivity (Wildman–Crippen MR) is 144 cm³/mol. The first kappa shape index (κ1) is 24.8. The minimum atomic E-state index is -0.645. The van der Waals surface area contributed by atoms with Gasteiger partial charge in [0.25, 0.3) is 11.8 Å². The number of anilines is 1. The zero-order chi connectivity index (χ0) is 26.8. The third kappa shape index (κ3) is 5.00. The van der Waals surface area contributed by atoms with E-state index in [0.29, 0.717) is 34.0 Å². The molecule has 5 rings (SSSR count). The van der Waals surface area contributed by atoms with Crippen LogP contribution in [-0.4, -0.2) is 27.3 Å². The predicted octanol–water partition coefficient (Wildman–Crippen LogP) is 5.02. The average molecular weight is 526 g/mol. The van der Waals surface area contributed by atoms with E-state index in [1.54, 1.807) is 48.1 Å². The molecule has 1 saturated heterocycles. The summed E-state index contributed by atoms with van der Waals surface area (Å²) in [6.45, 7) is 0. The number of benzene rings is 3. The molecule has 1 N–H and O–H groups in total. The van der Waals surface area contributed by atoms with Gasteiger partial charge in [-0.25, -0.2) is 4.39 Å². The number of aromatic nitrogens is 1. The molecule has 0 unspecified atom stereocenters. The van der Waals surface area contributed by atoms with E-state index in [4.69, 9.17) is 17.0 Å². The Bertz CT molecular complexity index is 1590. The second-order valence-electron chi connectivity index (χ2n) is 8.47. The summed E-state index contributed by atoms with van der Waals surface area (Å²) in [5, 5.41) is 2.50. The minimum absolute atomic E-state index is 0.0482. The standard InChI is InChI=1S/C29H20FN3O4S/c1-32-17-19(26(34)18-7-9-20(30)10-8-18)15-22(32)16-25-27(35)31-29(38)33(28(25)36)21-11-13-24(14-12-21)37-23-5-3-2-4-6-23/h2-17H,1H3,(H,31,35,38). The van der Waals surface area contributed by atoms with Crippen molar-refractivity contribution in [2.75, 3.05) is 4.90 Å². The van der Waals surface area contributed by atoms with Crippen molar-refractivity contribution < 1.29 is 23.5 Å². The molecule has 9 heteroatoms. The molecule has 38 heavy (non-hydrogen) atoms. The number of thiocarbonyl (C=S) groups is 1. The monoisotopic (exact) mass is 525 g/mol. The fourth-order valence-corrected chi connectivity index (χ4v) is 4.23. The van der Waals surface area contributed by atoms with Gasteiger partial charge in [-0.05, 0) is 85.0 Å². The Labute approximate surface area is 222 Å². The highest BCUT2D eigenvalue weighted by molar-refractivity contribution is 7.80. The Morgan fingerprint density at radius 2 is 1.58 bits per heavy atom. The molecule has 2 amide bonds. The molecule has 3 aromatic carbocycles. The Kier molecular flexibility index (Phi) is 6.68. The summed E-state index contributed by atoms with van der Waals surface area (Å²) in [5.74, 6) is -0.775. The van der Waals surface area contributed by atoms with Crippen molar-refractivity contribution in [3.63, 3.8) is 0 Å². The molecule has 0 saturated carbocycles. The second kappa shape index (κ2) is 10.2. The van der Waals surface area contributed by atoms with Crippen LogP contribution >= 0.6 is 12.2 Å². The topological polar surface area (TPSA) is 80.6 Å². The van der Waals surface area contributed by atoms with Crippen molar-refractivity contribution in [3.05, 3.63) is 119 Å². The van der Waals surface area contributed by atoms with Crippen molar-refractivity contribution in [3.8, 4) is 11.5 Å². The molecule has 0 spiro atoms. The van der Waals surface area contributed by atoms with E-state index in [1.807, 2.05) is 30.3 Å². The Hall–Kier alpha value is -4.89. The maximum Gasteiger partial charge on any atom is 0.270 e. The first-order valence-electron chi connectivity index (χ1n) is 11.5. The fraction of sp³-hybridized carbons (Fsp3) is 0.0345. The average Bonchev–Trinajstić information content (AvgIpc) is 3.28. The van der Waals surface area contributed by atoms with E-state index in [1.165, 1.54) is 35.2 Å². The molecule has 7 nitrogen and oxygen atoms in total. The van der Waals surface area contributed by atoms with Crippen LogP contribution in [0.15, 0.2) is 96.7 Å². The van der Waals surface area contributed by atoms with Crippen LogP contribution < -0.4 is 15.0 Å². The number of para-hydroxylation sites is 1. The number of carbonyl (C=O) groups excluding carboxylic acids is 3. The van der Waals surface area contributed by atoms with Gasteiger partial charge in [-0.3, -0.25) is 24.6 Å². The number of hydrogen-bond donors (Lipinski definition) is 1. The molecule has 0 bridgehead atoms. The lowest BCUT2D eigenvalue weighted by molar-refractivity contribution is -0.122. The molecule has 1 fully saturated rings. The Balaban J connectivity index is 1.40. The third-order valence-corrected chi connectivity index (χ3v) is 6.16. The quantitative estimate of drug-likeness (QED) is 0.166. The minimum Gasteiger partial charge on any atom is -0.457 e. The summed E-state index contributed by atoms with van der Waals surface area (Å²) in [5.41, 5.74) is 1.40. The molecular weight excluding hydrogens is 505 g/mol. The third-order valence-electron chi connectivity index (χ3n) is 5.88.